The Morgan fingerprint density at radius 2 is 2.13 bits per heavy atom. The first-order chi connectivity index (χ1) is 7.11. The fraction of sp³-hybridized carbons (Fsp3) is 0.200. The molecule has 0 amide bonds. The molecule has 1 aromatic carbocycles. The highest BCUT2D eigenvalue weighted by atomic mass is 35.5. The zero-order valence-electron chi connectivity index (χ0n) is 7.77. The number of aliphatic carboxylic acids is 1. The highest BCUT2D eigenvalue weighted by Gasteiger charge is 2.05. The molecule has 15 heavy (non-hydrogen) atoms. The van der Waals surface area contributed by atoms with Gasteiger partial charge in [-0.05, 0) is 17.7 Å². The Balaban J connectivity index is 2.74. The smallest absolute Gasteiger partial charge is 0.326 e. The Hall–Kier alpha value is -1.55. The molecule has 0 saturated heterocycles. The van der Waals surface area contributed by atoms with Crippen molar-refractivity contribution in [2.24, 2.45) is 0 Å². The van der Waals surface area contributed by atoms with Gasteiger partial charge >= 0.3 is 11.9 Å². The molecule has 0 heterocycles. The van der Waals surface area contributed by atoms with Crippen LogP contribution in [-0.2, 0) is 16.0 Å². The van der Waals surface area contributed by atoms with E-state index in [4.69, 9.17) is 21.4 Å². The second kappa shape index (κ2) is 5.36. The number of carboxylic acid groups (broad SMARTS) is 1. The largest absolute Gasteiger partial charge is 0.481 e. The number of carbonyl (C=O) groups excluding carboxylic acids is 1. The summed E-state index contributed by atoms with van der Waals surface area (Å²) >= 11 is 5.26. The number of hydrogen-bond acceptors (Lipinski definition) is 3. The fourth-order valence-electron chi connectivity index (χ4n) is 1.05. The normalized spacial score (nSPS) is 9.67. The molecule has 4 nitrogen and oxygen atoms in total. The topological polar surface area (TPSA) is 63.6 Å². The van der Waals surface area contributed by atoms with Crippen molar-refractivity contribution in [3.8, 4) is 5.75 Å². The minimum absolute atomic E-state index is 0.105. The number of carboxylic acids is 1. The average Bonchev–Trinajstić information content (AvgIpc) is 2.17. The first kappa shape index (κ1) is 11.5. The van der Waals surface area contributed by atoms with E-state index >= 15 is 0 Å². The van der Waals surface area contributed by atoms with E-state index in [9.17, 15) is 9.59 Å². The lowest BCUT2D eigenvalue weighted by Gasteiger charge is -2.03. The van der Waals surface area contributed by atoms with Crippen molar-refractivity contribution in [3.63, 3.8) is 0 Å². The highest BCUT2D eigenvalue weighted by molar-refractivity contribution is 6.26. The predicted octanol–water partition coefficient (Wildman–Crippen LogP) is 1.46. The molecule has 0 fully saturated rings. The van der Waals surface area contributed by atoms with Gasteiger partial charge in [-0.3, -0.25) is 9.59 Å². The number of alkyl halides is 1. The molecule has 1 N–H and O–H groups in total. The Labute approximate surface area is 91.4 Å². The SMILES string of the molecule is O=C(O)Cc1cccc(OC(=O)CCl)c1. The molecule has 0 aromatic heterocycles. The first-order valence-electron chi connectivity index (χ1n) is 4.19. The Bertz CT molecular complexity index is 375. The van der Waals surface area contributed by atoms with E-state index in [1.807, 2.05) is 0 Å². The number of esters is 1. The molecule has 0 aliphatic carbocycles. The molecule has 0 atom stereocenters. The third kappa shape index (κ3) is 3.99. The second-order valence-electron chi connectivity index (χ2n) is 2.83. The van der Waals surface area contributed by atoms with Gasteiger partial charge in [0.25, 0.3) is 0 Å². The van der Waals surface area contributed by atoms with Crippen molar-refractivity contribution in [1.82, 2.24) is 0 Å². The summed E-state index contributed by atoms with van der Waals surface area (Å²) in [4.78, 5) is 21.3. The van der Waals surface area contributed by atoms with Crippen LogP contribution < -0.4 is 4.74 Å². The van der Waals surface area contributed by atoms with E-state index in [-0.39, 0.29) is 12.3 Å². The van der Waals surface area contributed by atoms with Crippen LogP contribution in [0.15, 0.2) is 24.3 Å². The molecule has 0 spiro atoms. The van der Waals surface area contributed by atoms with Gasteiger partial charge in [0.1, 0.15) is 11.6 Å². The van der Waals surface area contributed by atoms with E-state index in [1.165, 1.54) is 6.07 Å². The third-order valence-electron chi connectivity index (χ3n) is 1.59. The Morgan fingerprint density at radius 1 is 1.40 bits per heavy atom. The summed E-state index contributed by atoms with van der Waals surface area (Å²) in [5.74, 6) is -1.43. The highest BCUT2D eigenvalue weighted by Crippen LogP contribution is 2.14. The van der Waals surface area contributed by atoms with Crippen LogP contribution in [0, 0.1) is 0 Å². The van der Waals surface area contributed by atoms with Crippen LogP contribution in [0.4, 0.5) is 0 Å². The van der Waals surface area contributed by atoms with Gasteiger partial charge in [-0.25, -0.2) is 0 Å². The molecular weight excluding hydrogens is 220 g/mol. The number of benzene rings is 1. The second-order valence-corrected chi connectivity index (χ2v) is 3.09. The zero-order valence-corrected chi connectivity index (χ0v) is 8.53. The van der Waals surface area contributed by atoms with Crippen LogP contribution in [-0.4, -0.2) is 22.9 Å². The molecule has 1 rings (SSSR count). The van der Waals surface area contributed by atoms with Crippen LogP contribution in [0.3, 0.4) is 0 Å². The zero-order chi connectivity index (χ0) is 11.3. The van der Waals surface area contributed by atoms with Crippen molar-refractivity contribution in [3.05, 3.63) is 29.8 Å². The fourth-order valence-corrected chi connectivity index (χ4v) is 1.11. The van der Waals surface area contributed by atoms with Crippen LogP contribution in [0.25, 0.3) is 0 Å². The number of ether oxygens (including phenoxy) is 1. The van der Waals surface area contributed by atoms with Gasteiger partial charge < -0.3 is 9.84 Å². The van der Waals surface area contributed by atoms with Gasteiger partial charge in [0.15, 0.2) is 0 Å². The molecule has 80 valence electrons. The number of hydrogen-bond donors (Lipinski definition) is 1. The summed E-state index contributed by atoms with van der Waals surface area (Å²) in [5.41, 5.74) is 0.572. The van der Waals surface area contributed by atoms with Gasteiger partial charge in [0.2, 0.25) is 0 Å². The summed E-state index contributed by atoms with van der Waals surface area (Å²) in [6.45, 7) is 0. The molecule has 0 aliphatic heterocycles. The van der Waals surface area contributed by atoms with Gasteiger partial charge in [0, 0.05) is 0 Å². The minimum Gasteiger partial charge on any atom is -0.481 e. The maximum atomic E-state index is 10.8. The van der Waals surface area contributed by atoms with Crippen molar-refractivity contribution in [2.75, 3.05) is 5.88 Å². The maximum absolute atomic E-state index is 10.8. The van der Waals surface area contributed by atoms with Gasteiger partial charge in [-0.2, -0.15) is 0 Å². The Morgan fingerprint density at radius 3 is 2.73 bits per heavy atom. The van der Waals surface area contributed by atoms with Crippen LogP contribution in [0.1, 0.15) is 5.56 Å². The molecule has 0 aliphatic rings. The average molecular weight is 229 g/mol. The lowest BCUT2D eigenvalue weighted by Crippen LogP contribution is -2.09. The first-order valence-corrected chi connectivity index (χ1v) is 4.72. The maximum Gasteiger partial charge on any atom is 0.326 e. The van der Waals surface area contributed by atoms with Crippen molar-refractivity contribution >= 4 is 23.5 Å². The Kier molecular flexibility index (Phi) is 4.12. The van der Waals surface area contributed by atoms with Crippen LogP contribution >= 0.6 is 11.6 Å². The lowest BCUT2D eigenvalue weighted by atomic mass is 10.1. The summed E-state index contributed by atoms with van der Waals surface area (Å²) < 4.78 is 4.82. The van der Waals surface area contributed by atoms with Crippen molar-refractivity contribution in [2.45, 2.75) is 6.42 Å². The monoisotopic (exact) mass is 228 g/mol. The molecule has 0 saturated carbocycles. The summed E-state index contributed by atoms with van der Waals surface area (Å²) in [6.07, 6.45) is -0.105. The summed E-state index contributed by atoms with van der Waals surface area (Å²) in [7, 11) is 0. The van der Waals surface area contributed by atoms with E-state index < -0.39 is 11.9 Å². The molecular formula is C10H9ClO4. The summed E-state index contributed by atoms with van der Waals surface area (Å²) in [6, 6.07) is 6.33. The molecule has 5 heteroatoms. The van der Waals surface area contributed by atoms with Gasteiger partial charge in [-0.1, -0.05) is 12.1 Å². The van der Waals surface area contributed by atoms with E-state index in [0.29, 0.717) is 11.3 Å². The van der Waals surface area contributed by atoms with Crippen molar-refractivity contribution < 1.29 is 19.4 Å². The van der Waals surface area contributed by atoms with E-state index in [1.54, 1.807) is 18.2 Å². The lowest BCUT2D eigenvalue weighted by molar-refractivity contribution is -0.136. The summed E-state index contributed by atoms with van der Waals surface area (Å²) in [5, 5.41) is 8.56. The number of carbonyl (C=O) groups is 2. The van der Waals surface area contributed by atoms with Crippen LogP contribution in [0.5, 0.6) is 5.75 Å². The number of halogens is 1. The van der Waals surface area contributed by atoms with E-state index in [2.05, 4.69) is 0 Å². The van der Waals surface area contributed by atoms with Gasteiger partial charge in [-0.15, -0.1) is 11.6 Å². The molecule has 0 radical (unpaired) electrons. The van der Waals surface area contributed by atoms with Crippen molar-refractivity contribution in [1.29, 1.82) is 0 Å². The quantitative estimate of drug-likeness (QED) is 0.481. The van der Waals surface area contributed by atoms with Gasteiger partial charge in [0.05, 0.1) is 6.42 Å². The molecule has 1 aromatic rings. The number of rotatable bonds is 4. The minimum atomic E-state index is -0.934. The standard InChI is InChI=1S/C10H9ClO4/c11-6-10(14)15-8-3-1-2-7(4-8)5-9(12)13/h1-4H,5-6H2,(H,12,13). The molecule has 0 bridgehead atoms. The molecule has 0 unspecified atom stereocenters. The van der Waals surface area contributed by atoms with E-state index in [0.717, 1.165) is 0 Å². The predicted molar refractivity (Wildman–Crippen MR) is 54.1 cm³/mol. The van der Waals surface area contributed by atoms with Crippen LogP contribution in [0.2, 0.25) is 0 Å². The third-order valence-corrected chi connectivity index (χ3v) is 1.81.